The Hall–Kier alpha value is -3.29. The standard InChI is InChI=1S/C24H20ClN5OS/c1-15-7-9-16(10-8-15)20-21(23(31)26-19-13-11-18(25)12-14-19)32-24-28-27-22(30(24)29-20)17-5-3-2-4-6-17/h2-14,20-21,29H,1H3,(H,26,31)/t20-,21+/m1/s1. The first-order valence-electron chi connectivity index (χ1n) is 10.2. The second kappa shape index (κ2) is 8.68. The zero-order valence-corrected chi connectivity index (χ0v) is 18.8. The van der Waals surface area contributed by atoms with Gasteiger partial charge >= 0.3 is 0 Å². The van der Waals surface area contributed by atoms with Crippen molar-refractivity contribution in [2.24, 2.45) is 0 Å². The first-order chi connectivity index (χ1) is 15.6. The van der Waals surface area contributed by atoms with Gasteiger partial charge in [-0.1, -0.05) is 83.5 Å². The zero-order valence-electron chi connectivity index (χ0n) is 17.2. The van der Waals surface area contributed by atoms with Crippen molar-refractivity contribution < 1.29 is 4.79 Å². The van der Waals surface area contributed by atoms with Crippen LogP contribution in [0, 0.1) is 6.92 Å². The third kappa shape index (κ3) is 4.09. The molecule has 4 aromatic rings. The predicted octanol–water partition coefficient (Wildman–Crippen LogP) is 5.30. The number of carbonyl (C=O) groups is 1. The summed E-state index contributed by atoms with van der Waals surface area (Å²) in [6.45, 7) is 2.04. The van der Waals surface area contributed by atoms with E-state index in [-0.39, 0.29) is 11.9 Å². The average molecular weight is 462 g/mol. The lowest BCUT2D eigenvalue weighted by Gasteiger charge is -2.33. The third-order valence-electron chi connectivity index (χ3n) is 5.28. The van der Waals surface area contributed by atoms with Crippen LogP contribution >= 0.6 is 23.4 Å². The monoisotopic (exact) mass is 461 g/mol. The van der Waals surface area contributed by atoms with Crippen molar-refractivity contribution in [2.75, 3.05) is 10.7 Å². The summed E-state index contributed by atoms with van der Waals surface area (Å²) in [6, 6.07) is 24.9. The maximum atomic E-state index is 13.3. The predicted molar refractivity (Wildman–Crippen MR) is 128 cm³/mol. The molecule has 0 saturated carbocycles. The van der Waals surface area contributed by atoms with Gasteiger partial charge in [0.2, 0.25) is 11.1 Å². The summed E-state index contributed by atoms with van der Waals surface area (Å²) < 4.78 is 1.87. The summed E-state index contributed by atoms with van der Waals surface area (Å²) in [5, 5.41) is 12.5. The summed E-state index contributed by atoms with van der Waals surface area (Å²) in [4.78, 5) is 13.3. The van der Waals surface area contributed by atoms with Crippen molar-refractivity contribution in [3.05, 3.63) is 95.0 Å². The molecule has 1 amide bonds. The van der Waals surface area contributed by atoms with E-state index >= 15 is 0 Å². The lowest BCUT2D eigenvalue weighted by molar-refractivity contribution is -0.116. The average Bonchev–Trinajstić information content (AvgIpc) is 3.24. The van der Waals surface area contributed by atoms with Crippen LogP contribution in [0.1, 0.15) is 17.2 Å². The molecule has 0 radical (unpaired) electrons. The van der Waals surface area contributed by atoms with Crippen molar-refractivity contribution in [2.45, 2.75) is 23.4 Å². The highest BCUT2D eigenvalue weighted by Crippen LogP contribution is 2.39. The summed E-state index contributed by atoms with van der Waals surface area (Å²) in [5.41, 5.74) is 7.31. The number of anilines is 1. The molecular weight excluding hydrogens is 442 g/mol. The van der Waals surface area contributed by atoms with Gasteiger partial charge in [-0.3, -0.25) is 4.79 Å². The molecular formula is C24H20ClN5OS. The van der Waals surface area contributed by atoms with Gasteiger partial charge in [-0.2, -0.15) is 0 Å². The van der Waals surface area contributed by atoms with E-state index in [0.717, 1.165) is 16.7 Å². The normalized spacial score (nSPS) is 17.3. The molecule has 0 spiro atoms. The van der Waals surface area contributed by atoms with E-state index in [1.54, 1.807) is 24.3 Å². The lowest BCUT2D eigenvalue weighted by atomic mass is 10.0. The molecule has 2 atom stereocenters. The SMILES string of the molecule is Cc1ccc([C@H]2Nn3c(nnc3-c3ccccc3)S[C@@H]2C(=O)Nc2ccc(Cl)cc2)cc1. The Labute approximate surface area is 195 Å². The van der Waals surface area contributed by atoms with Crippen molar-refractivity contribution in [1.82, 2.24) is 14.9 Å². The molecule has 0 unspecified atom stereocenters. The third-order valence-corrected chi connectivity index (χ3v) is 6.74. The number of nitrogens with zero attached hydrogens (tertiary/aromatic N) is 3. The van der Waals surface area contributed by atoms with E-state index < -0.39 is 5.25 Å². The van der Waals surface area contributed by atoms with Crippen molar-refractivity contribution in [1.29, 1.82) is 0 Å². The van der Waals surface area contributed by atoms with E-state index in [4.69, 9.17) is 11.6 Å². The molecule has 1 aliphatic heterocycles. The van der Waals surface area contributed by atoms with Crippen LogP contribution in [0.5, 0.6) is 0 Å². The van der Waals surface area contributed by atoms with Crippen molar-refractivity contribution in [3.63, 3.8) is 0 Å². The molecule has 8 heteroatoms. The Morgan fingerprint density at radius 2 is 1.72 bits per heavy atom. The number of hydrogen-bond acceptors (Lipinski definition) is 5. The van der Waals surface area contributed by atoms with Gasteiger partial charge < -0.3 is 10.7 Å². The van der Waals surface area contributed by atoms with E-state index in [1.165, 1.54) is 11.8 Å². The number of benzene rings is 3. The number of hydrogen-bond donors (Lipinski definition) is 2. The Morgan fingerprint density at radius 1 is 1.00 bits per heavy atom. The Balaban J connectivity index is 1.50. The maximum Gasteiger partial charge on any atom is 0.240 e. The number of rotatable bonds is 4. The largest absolute Gasteiger partial charge is 0.325 e. The fourth-order valence-corrected chi connectivity index (χ4v) is 4.81. The quantitative estimate of drug-likeness (QED) is 0.431. The van der Waals surface area contributed by atoms with E-state index in [2.05, 4.69) is 33.1 Å². The van der Waals surface area contributed by atoms with Gasteiger partial charge in [0.05, 0.1) is 6.04 Å². The first-order valence-corrected chi connectivity index (χ1v) is 11.4. The molecule has 2 heterocycles. The number of halogens is 1. The van der Waals surface area contributed by atoms with Gasteiger partial charge in [0.1, 0.15) is 5.25 Å². The van der Waals surface area contributed by atoms with Crippen LogP contribution in [0.3, 0.4) is 0 Å². The van der Waals surface area contributed by atoms with Gasteiger partial charge in [-0.05, 0) is 36.8 Å². The summed E-state index contributed by atoms with van der Waals surface area (Å²) in [7, 11) is 0. The molecule has 3 aromatic carbocycles. The van der Waals surface area contributed by atoms with Crippen LogP contribution in [0.25, 0.3) is 11.4 Å². The van der Waals surface area contributed by atoms with Gasteiger partial charge in [0.15, 0.2) is 5.82 Å². The molecule has 0 saturated heterocycles. The van der Waals surface area contributed by atoms with Crippen LogP contribution in [-0.4, -0.2) is 26.0 Å². The van der Waals surface area contributed by atoms with Crippen LogP contribution < -0.4 is 10.7 Å². The number of nitrogens with one attached hydrogen (secondary N) is 2. The number of aryl methyl sites for hydroxylation is 1. The minimum Gasteiger partial charge on any atom is -0.325 e. The minimum absolute atomic E-state index is 0.120. The molecule has 5 rings (SSSR count). The molecule has 1 aliphatic rings. The Morgan fingerprint density at radius 3 is 2.44 bits per heavy atom. The van der Waals surface area contributed by atoms with E-state index in [0.29, 0.717) is 21.7 Å². The number of carbonyl (C=O) groups excluding carboxylic acids is 1. The molecule has 0 bridgehead atoms. The second-order valence-electron chi connectivity index (χ2n) is 7.56. The van der Waals surface area contributed by atoms with Gasteiger partial charge in [0.25, 0.3) is 0 Å². The van der Waals surface area contributed by atoms with Crippen LogP contribution in [0.4, 0.5) is 5.69 Å². The summed E-state index contributed by atoms with van der Waals surface area (Å²) in [5.74, 6) is 0.590. The molecule has 160 valence electrons. The first kappa shape index (κ1) is 20.6. The van der Waals surface area contributed by atoms with Gasteiger partial charge in [0, 0.05) is 16.3 Å². The Kier molecular flexibility index (Phi) is 5.59. The molecule has 2 N–H and O–H groups in total. The second-order valence-corrected chi connectivity index (χ2v) is 9.10. The summed E-state index contributed by atoms with van der Waals surface area (Å²) in [6.07, 6.45) is 0. The number of fused-ring (bicyclic) bond motifs is 1. The maximum absolute atomic E-state index is 13.3. The van der Waals surface area contributed by atoms with Gasteiger partial charge in [-0.25, -0.2) is 4.68 Å². The van der Waals surface area contributed by atoms with E-state index in [9.17, 15) is 4.79 Å². The minimum atomic E-state index is -0.450. The van der Waals surface area contributed by atoms with E-state index in [1.807, 2.05) is 54.1 Å². The van der Waals surface area contributed by atoms with Crippen LogP contribution in [-0.2, 0) is 4.79 Å². The Bertz CT molecular complexity index is 1240. The fraction of sp³-hybridized carbons (Fsp3) is 0.125. The summed E-state index contributed by atoms with van der Waals surface area (Å²) >= 11 is 7.38. The van der Waals surface area contributed by atoms with Crippen LogP contribution in [0.2, 0.25) is 5.02 Å². The highest BCUT2D eigenvalue weighted by atomic mass is 35.5. The van der Waals surface area contributed by atoms with Crippen molar-refractivity contribution >= 4 is 35.0 Å². The lowest BCUT2D eigenvalue weighted by Crippen LogP contribution is -2.41. The highest BCUT2D eigenvalue weighted by Gasteiger charge is 2.38. The smallest absolute Gasteiger partial charge is 0.240 e. The molecule has 0 fully saturated rings. The molecule has 32 heavy (non-hydrogen) atoms. The number of amides is 1. The zero-order chi connectivity index (χ0) is 22.1. The highest BCUT2D eigenvalue weighted by molar-refractivity contribution is 8.00. The number of thioether (sulfide) groups is 1. The van der Waals surface area contributed by atoms with Crippen molar-refractivity contribution in [3.8, 4) is 11.4 Å². The molecule has 6 nitrogen and oxygen atoms in total. The molecule has 1 aromatic heterocycles. The topological polar surface area (TPSA) is 71.8 Å². The fourth-order valence-electron chi connectivity index (χ4n) is 3.60. The number of aromatic nitrogens is 3. The van der Waals surface area contributed by atoms with Crippen LogP contribution in [0.15, 0.2) is 84.0 Å². The molecule has 0 aliphatic carbocycles. The van der Waals surface area contributed by atoms with Gasteiger partial charge in [-0.15, -0.1) is 10.2 Å².